The van der Waals surface area contributed by atoms with E-state index in [0.29, 0.717) is 19.7 Å². The maximum atomic E-state index is 13.7. The third-order valence-corrected chi connectivity index (χ3v) is 4.85. The van der Waals surface area contributed by atoms with Crippen LogP contribution in [0.1, 0.15) is 34.5 Å². The molecule has 1 aliphatic heterocycles. The zero-order valence-electron chi connectivity index (χ0n) is 15.0. The van der Waals surface area contributed by atoms with Crippen molar-refractivity contribution in [3.05, 3.63) is 63.3 Å². The van der Waals surface area contributed by atoms with E-state index in [4.69, 9.17) is 4.74 Å². The molecule has 2 aromatic rings. The number of amides is 1. The summed E-state index contributed by atoms with van der Waals surface area (Å²) in [5.74, 6) is -0.317. The highest BCUT2D eigenvalue weighted by atomic mass is 19.1. The van der Waals surface area contributed by atoms with E-state index in [9.17, 15) is 14.0 Å². The van der Waals surface area contributed by atoms with Crippen molar-refractivity contribution < 1.29 is 13.9 Å². The van der Waals surface area contributed by atoms with Gasteiger partial charge < -0.3 is 14.6 Å². The van der Waals surface area contributed by atoms with Crippen LogP contribution >= 0.6 is 0 Å². The summed E-state index contributed by atoms with van der Waals surface area (Å²) in [5, 5.41) is 0. The molecule has 1 atom stereocenters. The number of benzene rings is 1. The van der Waals surface area contributed by atoms with Crippen LogP contribution in [0, 0.1) is 25.6 Å². The minimum absolute atomic E-state index is 0.109. The maximum absolute atomic E-state index is 13.7. The Kier molecular flexibility index (Phi) is 5.40. The van der Waals surface area contributed by atoms with Crippen molar-refractivity contribution in [3.8, 4) is 5.75 Å². The molecule has 0 aliphatic carbocycles. The van der Waals surface area contributed by atoms with Gasteiger partial charge in [0.1, 0.15) is 5.56 Å². The Labute approximate surface area is 151 Å². The number of nitrogens with zero attached hydrogens (tertiary/aromatic N) is 1. The molecule has 0 unspecified atom stereocenters. The first-order valence-electron chi connectivity index (χ1n) is 8.83. The highest BCUT2D eigenvalue weighted by molar-refractivity contribution is 5.94. The van der Waals surface area contributed by atoms with Gasteiger partial charge in [-0.1, -0.05) is 12.1 Å². The number of likely N-dealkylation sites (tertiary alicyclic amines) is 1. The molecule has 138 valence electrons. The summed E-state index contributed by atoms with van der Waals surface area (Å²) in [6.45, 7) is 5.13. The molecule has 0 saturated carbocycles. The lowest BCUT2D eigenvalue weighted by Gasteiger charge is -2.32. The first-order chi connectivity index (χ1) is 12.5. The molecule has 1 aliphatic rings. The highest BCUT2D eigenvalue weighted by Crippen LogP contribution is 2.21. The number of aromatic nitrogens is 1. The van der Waals surface area contributed by atoms with Gasteiger partial charge in [0.2, 0.25) is 0 Å². The number of halogens is 1. The lowest BCUT2D eigenvalue weighted by Crippen LogP contribution is -2.43. The first-order valence-corrected chi connectivity index (χ1v) is 8.83. The van der Waals surface area contributed by atoms with Crippen molar-refractivity contribution in [2.24, 2.45) is 5.92 Å². The molecule has 5 nitrogen and oxygen atoms in total. The molecule has 1 amide bonds. The van der Waals surface area contributed by atoms with Crippen LogP contribution in [-0.4, -0.2) is 35.5 Å². The number of piperidine rings is 1. The summed E-state index contributed by atoms with van der Waals surface area (Å²) in [4.78, 5) is 29.3. The van der Waals surface area contributed by atoms with E-state index in [2.05, 4.69) is 4.98 Å². The SMILES string of the molecule is Cc1cc(C(=O)N2CCC[C@@H](COc3ccccc3F)C2)c(=O)[nH]c1C. The van der Waals surface area contributed by atoms with Crippen molar-refractivity contribution in [2.45, 2.75) is 26.7 Å². The minimum atomic E-state index is -0.391. The summed E-state index contributed by atoms with van der Waals surface area (Å²) in [7, 11) is 0. The number of hydrogen-bond acceptors (Lipinski definition) is 3. The van der Waals surface area contributed by atoms with Gasteiger partial charge in [-0.25, -0.2) is 4.39 Å². The lowest BCUT2D eigenvalue weighted by atomic mass is 9.98. The molecule has 2 heterocycles. The van der Waals surface area contributed by atoms with Crippen molar-refractivity contribution in [3.63, 3.8) is 0 Å². The van der Waals surface area contributed by atoms with Crippen LogP contribution in [0.2, 0.25) is 0 Å². The van der Waals surface area contributed by atoms with Crippen LogP contribution in [0.5, 0.6) is 5.75 Å². The molecule has 26 heavy (non-hydrogen) atoms. The Balaban J connectivity index is 1.66. The summed E-state index contributed by atoms with van der Waals surface area (Å²) in [6, 6.07) is 7.94. The third-order valence-electron chi connectivity index (χ3n) is 4.85. The summed E-state index contributed by atoms with van der Waals surface area (Å²) in [6.07, 6.45) is 1.74. The highest BCUT2D eigenvalue weighted by Gasteiger charge is 2.26. The molecular weight excluding hydrogens is 335 g/mol. The smallest absolute Gasteiger partial charge is 0.261 e. The van der Waals surface area contributed by atoms with Gasteiger partial charge in [-0.2, -0.15) is 0 Å². The molecule has 1 fully saturated rings. The van der Waals surface area contributed by atoms with Crippen LogP contribution < -0.4 is 10.3 Å². The third kappa shape index (κ3) is 3.95. The summed E-state index contributed by atoms with van der Waals surface area (Å²) < 4.78 is 19.2. The van der Waals surface area contributed by atoms with Gasteiger partial charge in [-0.3, -0.25) is 9.59 Å². The number of aromatic amines is 1. The summed E-state index contributed by atoms with van der Waals surface area (Å²) in [5.41, 5.74) is 1.46. The molecule has 6 heteroatoms. The fourth-order valence-electron chi connectivity index (χ4n) is 3.21. The zero-order chi connectivity index (χ0) is 18.7. The quantitative estimate of drug-likeness (QED) is 0.914. The van der Waals surface area contributed by atoms with Crippen LogP contribution in [0.15, 0.2) is 35.1 Å². The Morgan fingerprint density at radius 3 is 2.88 bits per heavy atom. The Hall–Kier alpha value is -2.63. The molecular formula is C20H23FN2O3. The lowest BCUT2D eigenvalue weighted by molar-refractivity contribution is 0.0629. The standard InChI is InChI=1S/C20H23FN2O3/c1-13-10-16(19(24)22-14(13)2)20(25)23-9-5-6-15(11-23)12-26-18-8-4-3-7-17(18)21/h3-4,7-8,10,15H,5-6,9,11-12H2,1-2H3,(H,22,24)/t15-/m1/s1. The van der Waals surface area contributed by atoms with E-state index in [0.717, 1.165) is 24.1 Å². The number of ether oxygens (including phenoxy) is 1. The van der Waals surface area contributed by atoms with Crippen LogP contribution in [0.3, 0.4) is 0 Å². The maximum Gasteiger partial charge on any atom is 0.261 e. The molecule has 0 bridgehead atoms. The fraction of sp³-hybridized carbons (Fsp3) is 0.400. The van der Waals surface area contributed by atoms with Gasteiger partial charge in [-0.05, 0) is 50.5 Å². The number of para-hydroxylation sites is 1. The van der Waals surface area contributed by atoms with Crippen molar-refractivity contribution in [2.75, 3.05) is 19.7 Å². The molecule has 1 aromatic heterocycles. The van der Waals surface area contributed by atoms with Gasteiger partial charge in [0, 0.05) is 24.7 Å². The molecule has 1 saturated heterocycles. The molecule has 0 radical (unpaired) electrons. The van der Waals surface area contributed by atoms with Crippen LogP contribution in [0.4, 0.5) is 4.39 Å². The predicted octanol–water partition coefficient (Wildman–Crippen LogP) is 3.06. The molecule has 0 spiro atoms. The Morgan fingerprint density at radius 1 is 1.35 bits per heavy atom. The second kappa shape index (κ2) is 7.72. The largest absolute Gasteiger partial charge is 0.490 e. The van der Waals surface area contributed by atoms with E-state index in [1.165, 1.54) is 6.07 Å². The number of H-pyrrole nitrogens is 1. The van der Waals surface area contributed by atoms with E-state index < -0.39 is 5.82 Å². The molecule has 3 rings (SSSR count). The monoisotopic (exact) mass is 358 g/mol. The van der Waals surface area contributed by atoms with Gasteiger partial charge >= 0.3 is 0 Å². The number of pyridine rings is 1. The second-order valence-corrected chi connectivity index (χ2v) is 6.82. The number of aryl methyl sites for hydroxylation is 2. The van der Waals surface area contributed by atoms with Crippen molar-refractivity contribution >= 4 is 5.91 Å². The average Bonchev–Trinajstić information content (AvgIpc) is 2.64. The molecule has 1 N–H and O–H groups in total. The topological polar surface area (TPSA) is 62.4 Å². The number of nitrogens with one attached hydrogen (secondary N) is 1. The zero-order valence-corrected chi connectivity index (χ0v) is 15.0. The fourth-order valence-corrected chi connectivity index (χ4v) is 3.21. The van der Waals surface area contributed by atoms with E-state index >= 15 is 0 Å². The second-order valence-electron chi connectivity index (χ2n) is 6.82. The van der Waals surface area contributed by atoms with Crippen LogP contribution in [0.25, 0.3) is 0 Å². The average molecular weight is 358 g/mol. The Bertz CT molecular complexity index is 862. The minimum Gasteiger partial charge on any atom is -0.490 e. The number of carbonyl (C=O) groups excluding carboxylic acids is 1. The van der Waals surface area contributed by atoms with Crippen LogP contribution in [-0.2, 0) is 0 Å². The van der Waals surface area contributed by atoms with E-state index in [1.54, 1.807) is 29.2 Å². The first kappa shape index (κ1) is 18.2. The van der Waals surface area contributed by atoms with Gasteiger partial charge in [-0.15, -0.1) is 0 Å². The van der Waals surface area contributed by atoms with E-state index in [-0.39, 0.29) is 28.7 Å². The normalized spacial score (nSPS) is 17.2. The van der Waals surface area contributed by atoms with Gasteiger partial charge in [0.05, 0.1) is 6.61 Å². The van der Waals surface area contributed by atoms with Gasteiger partial charge in [0.15, 0.2) is 11.6 Å². The van der Waals surface area contributed by atoms with Gasteiger partial charge in [0.25, 0.3) is 11.5 Å². The van der Waals surface area contributed by atoms with Crippen molar-refractivity contribution in [1.82, 2.24) is 9.88 Å². The van der Waals surface area contributed by atoms with Crippen molar-refractivity contribution in [1.29, 1.82) is 0 Å². The predicted molar refractivity (Wildman–Crippen MR) is 97.1 cm³/mol. The number of hydrogen-bond donors (Lipinski definition) is 1. The Morgan fingerprint density at radius 2 is 2.12 bits per heavy atom. The number of carbonyl (C=O) groups is 1. The van der Waals surface area contributed by atoms with E-state index in [1.807, 2.05) is 13.8 Å². The molecule has 1 aromatic carbocycles. The summed E-state index contributed by atoms with van der Waals surface area (Å²) >= 11 is 0. The number of rotatable bonds is 4.